The number of carbonyl (C=O) groups excluding carboxylic acids is 2. The average Bonchev–Trinajstić information content (AvgIpc) is 2.17. The molecular weight excluding hydrogens is 194 g/mol. The summed E-state index contributed by atoms with van der Waals surface area (Å²) in [6.45, 7) is 2.89. The molecule has 1 fully saturated rings. The van der Waals surface area contributed by atoms with Crippen molar-refractivity contribution in [3.05, 3.63) is 0 Å². The topological polar surface area (TPSA) is 75.8 Å². The van der Waals surface area contributed by atoms with Crippen LogP contribution in [-0.2, 0) is 9.59 Å². The Morgan fingerprint density at radius 1 is 1.40 bits per heavy atom. The van der Waals surface area contributed by atoms with Crippen molar-refractivity contribution in [1.82, 2.24) is 4.90 Å². The number of hydrogen-bond acceptors (Lipinski definition) is 3. The average molecular weight is 211 g/mol. The van der Waals surface area contributed by atoms with E-state index in [2.05, 4.69) is 4.99 Å². The number of rotatable bonds is 4. The fourth-order valence-corrected chi connectivity index (χ4v) is 1.56. The van der Waals surface area contributed by atoms with E-state index in [9.17, 15) is 9.59 Å². The lowest BCUT2D eigenvalue weighted by Gasteiger charge is -2.24. The lowest BCUT2D eigenvalue weighted by molar-refractivity contribution is -0.147. The smallest absolute Gasteiger partial charge is 0.229 e. The van der Waals surface area contributed by atoms with Crippen LogP contribution in [0.4, 0.5) is 0 Å². The summed E-state index contributed by atoms with van der Waals surface area (Å²) in [7, 11) is 0. The van der Waals surface area contributed by atoms with E-state index < -0.39 is 0 Å². The number of carbonyl (C=O) groups is 2. The van der Waals surface area contributed by atoms with Gasteiger partial charge in [-0.05, 0) is 13.3 Å². The number of piperidine rings is 1. The molecule has 0 unspecified atom stereocenters. The molecule has 1 aliphatic heterocycles. The van der Waals surface area contributed by atoms with Crippen molar-refractivity contribution < 1.29 is 9.59 Å². The maximum absolute atomic E-state index is 11.4. The van der Waals surface area contributed by atoms with Gasteiger partial charge in [-0.2, -0.15) is 0 Å². The molecule has 15 heavy (non-hydrogen) atoms. The molecule has 0 atom stereocenters. The predicted octanol–water partition coefficient (Wildman–Crippen LogP) is 0.293. The highest BCUT2D eigenvalue weighted by Gasteiger charge is 2.25. The molecule has 1 rings (SSSR count). The Balaban J connectivity index is 2.45. The Morgan fingerprint density at radius 2 is 2.00 bits per heavy atom. The number of nitrogens with zero attached hydrogens (tertiary/aromatic N) is 2. The Morgan fingerprint density at radius 3 is 2.53 bits per heavy atom. The highest BCUT2D eigenvalue weighted by atomic mass is 16.2. The Labute approximate surface area is 89.3 Å². The number of hydrogen-bond donors (Lipinski definition) is 1. The summed E-state index contributed by atoms with van der Waals surface area (Å²) in [4.78, 5) is 28.1. The van der Waals surface area contributed by atoms with Crippen molar-refractivity contribution in [1.29, 1.82) is 0 Å². The second-order valence-corrected chi connectivity index (χ2v) is 3.51. The number of amides is 2. The van der Waals surface area contributed by atoms with Gasteiger partial charge in [0.25, 0.3) is 0 Å². The third-order valence-electron chi connectivity index (χ3n) is 2.34. The Kier molecular flexibility index (Phi) is 4.27. The van der Waals surface area contributed by atoms with Crippen LogP contribution >= 0.6 is 0 Å². The van der Waals surface area contributed by atoms with E-state index in [0.717, 1.165) is 0 Å². The standard InChI is InChI=1S/C10H17N3O2/c1-2-12-8(11)6-7-13-9(14)4-3-5-10(13)15/h2-7H2,1H3,(H2,11,12). The Bertz CT molecular complexity index is 270. The van der Waals surface area contributed by atoms with Crippen LogP contribution in [0.3, 0.4) is 0 Å². The number of nitrogens with two attached hydrogens (primary N) is 1. The van der Waals surface area contributed by atoms with Crippen LogP contribution in [0.15, 0.2) is 4.99 Å². The normalized spacial score (nSPS) is 18.5. The minimum Gasteiger partial charge on any atom is -0.387 e. The second-order valence-electron chi connectivity index (χ2n) is 3.51. The van der Waals surface area contributed by atoms with Crippen molar-refractivity contribution in [2.75, 3.05) is 13.1 Å². The van der Waals surface area contributed by atoms with Crippen LogP contribution in [0.1, 0.15) is 32.6 Å². The van der Waals surface area contributed by atoms with Crippen LogP contribution in [0.25, 0.3) is 0 Å². The largest absolute Gasteiger partial charge is 0.387 e. The summed E-state index contributed by atoms with van der Waals surface area (Å²) < 4.78 is 0. The lowest BCUT2D eigenvalue weighted by Crippen LogP contribution is -2.41. The van der Waals surface area contributed by atoms with Gasteiger partial charge in [-0.25, -0.2) is 0 Å². The summed E-state index contributed by atoms with van der Waals surface area (Å²) in [5, 5.41) is 0. The van der Waals surface area contributed by atoms with Gasteiger partial charge in [0.2, 0.25) is 11.8 Å². The summed E-state index contributed by atoms with van der Waals surface area (Å²) >= 11 is 0. The fourth-order valence-electron chi connectivity index (χ4n) is 1.56. The van der Waals surface area contributed by atoms with Crippen LogP contribution in [0, 0.1) is 0 Å². The quantitative estimate of drug-likeness (QED) is 0.412. The van der Waals surface area contributed by atoms with E-state index in [-0.39, 0.29) is 11.8 Å². The molecule has 0 aliphatic carbocycles. The van der Waals surface area contributed by atoms with Gasteiger partial charge < -0.3 is 5.73 Å². The van der Waals surface area contributed by atoms with Crippen molar-refractivity contribution in [3.8, 4) is 0 Å². The molecule has 0 saturated carbocycles. The minimum atomic E-state index is -0.0875. The van der Waals surface area contributed by atoms with Crippen molar-refractivity contribution in [2.45, 2.75) is 32.6 Å². The molecule has 5 heteroatoms. The predicted molar refractivity (Wildman–Crippen MR) is 57.4 cm³/mol. The van der Waals surface area contributed by atoms with E-state index in [4.69, 9.17) is 5.73 Å². The molecule has 2 N–H and O–H groups in total. The number of likely N-dealkylation sites (tertiary alicyclic amines) is 1. The van der Waals surface area contributed by atoms with Gasteiger partial charge in [0, 0.05) is 32.4 Å². The molecule has 1 heterocycles. The van der Waals surface area contributed by atoms with Gasteiger partial charge in [-0.15, -0.1) is 0 Å². The highest BCUT2D eigenvalue weighted by Crippen LogP contribution is 2.12. The van der Waals surface area contributed by atoms with Gasteiger partial charge in [0.15, 0.2) is 0 Å². The third-order valence-corrected chi connectivity index (χ3v) is 2.34. The molecule has 1 saturated heterocycles. The number of aliphatic imine (C=N–C) groups is 1. The monoisotopic (exact) mass is 211 g/mol. The van der Waals surface area contributed by atoms with Gasteiger partial charge in [-0.1, -0.05) is 0 Å². The summed E-state index contributed by atoms with van der Waals surface area (Å²) in [6.07, 6.45) is 2.09. The Hall–Kier alpha value is -1.39. The SMILES string of the molecule is CCN=C(N)CCN1C(=O)CCCC1=O. The zero-order valence-corrected chi connectivity index (χ0v) is 9.03. The van der Waals surface area contributed by atoms with E-state index in [0.29, 0.717) is 44.6 Å². The molecule has 0 radical (unpaired) electrons. The highest BCUT2D eigenvalue weighted by molar-refractivity contribution is 5.97. The lowest BCUT2D eigenvalue weighted by atomic mass is 10.1. The molecule has 0 bridgehead atoms. The summed E-state index contributed by atoms with van der Waals surface area (Å²) in [5.74, 6) is 0.328. The zero-order chi connectivity index (χ0) is 11.3. The summed E-state index contributed by atoms with van der Waals surface area (Å²) in [6, 6.07) is 0. The first-order valence-corrected chi connectivity index (χ1v) is 5.27. The van der Waals surface area contributed by atoms with Crippen molar-refractivity contribution >= 4 is 17.6 Å². The maximum atomic E-state index is 11.4. The van der Waals surface area contributed by atoms with E-state index in [1.165, 1.54) is 4.90 Å². The van der Waals surface area contributed by atoms with Crippen LogP contribution < -0.4 is 5.73 Å². The van der Waals surface area contributed by atoms with E-state index >= 15 is 0 Å². The first-order valence-electron chi connectivity index (χ1n) is 5.27. The molecule has 2 amide bonds. The molecule has 84 valence electrons. The number of imide groups is 1. The molecule has 1 aliphatic rings. The van der Waals surface area contributed by atoms with E-state index in [1.54, 1.807) is 0 Å². The fraction of sp³-hybridized carbons (Fsp3) is 0.700. The van der Waals surface area contributed by atoms with Crippen molar-refractivity contribution in [3.63, 3.8) is 0 Å². The second kappa shape index (κ2) is 5.48. The van der Waals surface area contributed by atoms with Gasteiger partial charge >= 0.3 is 0 Å². The van der Waals surface area contributed by atoms with Crippen LogP contribution in [-0.4, -0.2) is 35.6 Å². The maximum Gasteiger partial charge on any atom is 0.229 e. The van der Waals surface area contributed by atoms with Gasteiger partial charge in [0.05, 0.1) is 5.84 Å². The molecule has 5 nitrogen and oxygen atoms in total. The zero-order valence-electron chi connectivity index (χ0n) is 9.03. The first kappa shape index (κ1) is 11.7. The molecule has 0 aromatic heterocycles. The first-order chi connectivity index (χ1) is 7.15. The van der Waals surface area contributed by atoms with Gasteiger partial charge in [0.1, 0.15) is 0 Å². The molecule has 0 aromatic rings. The number of amidine groups is 1. The third kappa shape index (κ3) is 3.34. The van der Waals surface area contributed by atoms with Crippen molar-refractivity contribution in [2.24, 2.45) is 10.7 Å². The van der Waals surface area contributed by atoms with Gasteiger partial charge in [-0.3, -0.25) is 19.5 Å². The van der Waals surface area contributed by atoms with Crippen LogP contribution in [0.2, 0.25) is 0 Å². The molecular formula is C10H17N3O2. The van der Waals surface area contributed by atoms with E-state index in [1.807, 2.05) is 6.92 Å². The van der Waals surface area contributed by atoms with Crippen LogP contribution in [0.5, 0.6) is 0 Å². The minimum absolute atomic E-state index is 0.0875. The molecule has 0 spiro atoms. The molecule has 0 aromatic carbocycles. The summed E-state index contributed by atoms with van der Waals surface area (Å²) in [5.41, 5.74) is 5.59.